The van der Waals surface area contributed by atoms with Crippen LogP contribution < -0.4 is 11.5 Å². The van der Waals surface area contributed by atoms with Gasteiger partial charge in [0.25, 0.3) is 0 Å². The van der Waals surface area contributed by atoms with Gasteiger partial charge in [-0.15, -0.1) is 0 Å². The lowest BCUT2D eigenvalue weighted by Crippen LogP contribution is -1.97. The van der Waals surface area contributed by atoms with Crippen LogP contribution in [0, 0.1) is 4.64 Å². The van der Waals surface area contributed by atoms with E-state index in [-0.39, 0.29) is 0 Å². The predicted octanol–water partition coefficient (Wildman–Crippen LogP) is 0.304. The lowest BCUT2D eigenvalue weighted by Gasteiger charge is -1.94. The lowest BCUT2D eigenvalue weighted by molar-refractivity contribution is 1.02. The van der Waals surface area contributed by atoms with E-state index < -0.39 is 0 Å². The molecule has 0 fully saturated rings. The summed E-state index contributed by atoms with van der Waals surface area (Å²) in [6.45, 7) is 0. The van der Waals surface area contributed by atoms with E-state index in [9.17, 15) is 0 Å². The first-order valence-electron chi connectivity index (χ1n) is 2.30. The number of nitrogen functional groups attached to an aromatic ring is 2. The van der Waals surface area contributed by atoms with Crippen molar-refractivity contribution in [3.05, 3.63) is 10.8 Å². The molecule has 0 aliphatic rings. The van der Waals surface area contributed by atoms with Gasteiger partial charge < -0.3 is 11.5 Å². The SMILES string of the molecule is Nc1cn[nH]c(=S)c1N. The molecule has 0 bridgehead atoms. The van der Waals surface area contributed by atoms with E-state index >= 15 is 0 Å². The summed E-state index contributed by atoms with van der Waals surface area (Å²) < 4.78 is 0.384. The first-order valence-corrected chi connectivity index (χ1v) is 2.71. The molecule has 0 atom stereocenters. The van der Waals surface area contributed by atoms with E-state index in [1.165, 1.54) is 6.20 Å². The van der Waals surface area contributed by atoms with Gasteiger partial charge in [0.1, 0.15) is 4.64 Å². The van der Waals surface area contributed by atoms with Gasteiger partial charge in [0.15, 0.2) is 0 Å². The van der Waals surface area contributed by atoms with E-state index in [0.717, 1.165) is 0 Å². The highest BCUT2D eigenvalue weighted by Gasteiger charge is 1.92. The first kappa shape index (κ1) is 6.03. The van der Waals surface area contributed by atoms with Crippen molar-refractivity contribution in [1.29, 1.82) is 0 Å². The fraction of sp³-hybridized carbons (Fsp3) is 0. The average molecular weight is 142 g/mol. The monoisotopic (exact) mass is 142 g/mol. The second-order valence-corrected chi connectivity index (χ2v) is 1.98. The number of hydrogen-bond donors (Lipinski definition) is 3. The summed E-state index contributed by atoms with van der Waals surface area (Å²) in [4.78, 5) is 0. The van der Waals surface area contributed by atoms with Gasteiger partial charge in [-0.2, -0.15) is 5.10 Å². The van der Waals surface area contributed by atoms with Crippen molar-refractivity contribution in [2.45, 2.75) is 0 Å². The van der Waals surface area contributed by atoms with Gasteiger partial charge >= 0.3 is 0 Å². The van der Waals surface area contributed by atoms with E-state index in [0.29, 0.717) is 16.0 Å². The Morgan fingerprint density at radius 1 is 1.56 bits per heavy atom. The minimum atomic E-state index is 0.384. The maximum absolute atomic E-state index is 5.38. The van der Waals surface area contributed by atoms with Crippen LogP contribution in [0.2, 0.25) is 0 Å². The van der Waals surface area contributed by atoms with Crippen molar-refractivity contribution in [2.75, 3.05) is 11.5 Å². The molecule has 0 aliphatic heterocycles. The molecule has 0 radical (unpaired) electrons. The molecule has 1 heterocycles. The highest BCUT2D eigenvalue weighted by Crippen LogP contribution is 2.09. The maximum atomic E-state index is 5.38. The molecule has 9 heavy (non-hydrogen) atoms. The van der Waals surface area contributed by atoms with Crippen molar-refractivity contribution >= 4 is 23.6 Å². The zero-order chi connectivity index (χ0) is 6.85. The first-order chi connectivity index (χ1) is 4.22. The summed E-state index contributed by atoms with van der Waals surface area (Å²) in [5, 5.41) is 6.11. The molecule has 5 heteroatoms. The van der Waals surface area contributed by atoms with Crippen LogP contribution in [0.15, 0.2) is 6.20 Å². The summed E-state index contributed by atoms with van der Waals surface area (Å²) in [6.07, 6.45) is 1.42. The van der Waals surface area contributed by atoms with E-state index in [1.807, 2.05) is 0 Å². The minimum Gasteiger partial charge on any atom is -0.396 e. The Bertz CT molecular complexity index is 266. The highest BCUT2D eigenvalue weighted by molar-refractivity contribution is 7.71. The van der Waals surface area contributed by atoms with E-state index in [2.05, 4.69) is 10.2 Å². The Morgan fingerprint density at radius 2 is 2.22 bits per heavy atom. The zero-order valence-corrected chi connectivity index (χ0v) is 5.40. The van der Waals surface area contributed by atoms with Crippen molar-refractivity contribution < 1.29 is 0 Å². The van der Waals surface area contributed by atoms with Gasteiger partial charge in [-0.25, -0.2) is 0 Å². The van der Waals surface area contributed by atoms with Crippen molar-refractivity contribution in [2.24, 2.45) is 0 Å². The third-order valence-corrected chi connectivity index (χ3v) is 1.24. The Labute approximate surface area is 56.9 Å². The van der Waals surface area contributed by atoms with Gasteiger partial charge in [-0.05, 0) is 0 Å². The summed E-state index contributed by atoms with van der Waals surface area (Å²) >= 11 is 4.72. The molecule has 0 saturated heterocycles. The van der Waals surface area contributed by atoms with Gasteiger partial charge in [0.05, 0.1) is 17.6 Å². The van der Waals surface area contributed by atoms with Crippen molar-refractivity contribution in [1.82, 2.24) is 10.2 Å². The number of nitrogens with one attached hydrogen (secondary N) is 1. The van der Waals surface area contributed by atoms with Crippen LogP contribution in [0.1, 0.15) is 0 Å². The number of hydrogen-bond acceptors (Lipinski definition) is 4. The number of anilines is 2. The van der Waals surface area contributed by atoms with Crippen LogP contribution in [0.3, 0.4) is 0 Å². The molecular weight excluding hydrogens is 136 g/mol. The topological polar surface area (TPSA) is 80.7 Å². The molecule has 0 aliphatic carbocycles. The molecule has 0 unspecified atom stereocenters. The molecule has 0 aromatic carbocycles. The quantitative estimate of drug-likeness (QED) is 0.455. The average Bonchev–Trinajstić information content (AvgIpc) is 1.83. The smallest absolute Gasteiger partial charge is 0.144 e. The van der Waals surface area contributed by atoms with Crippen LogP contribution in [0.25, 0.3) is 0 Å². The highest BCUT2D eigenvalue weighted by atomic mass is 32.1. The van der Waals surface area contributed by atoms with Crippen molar-refractivity contribution in [3.63, 3.8) is 0 Å². The molecule has 1 aromatic rings. The molecule has 48 valence electrons. The third kappa shape index (κ3) is 0.996. The van der Waals surface area contributed by atoms with Crippen molar-refractivity contribution in [3.8, 4) is 0 Å². The fourth-order valence-electron chi connectivity index (χ4n) is 0.421. The van der Waals surface area contributed by atoms with Gasteiger partial charge in [0.2, 0.25) is 0 Å². The van der Waals surface area contributed by atoms with Crippen LogP contribution in [0.5, 0.6) is 0 Å². The maximum Gasteiger partial charge on any atom is 0.144 e. The number of H-pyrrole nitrogens is 1. The summed E-state index contributed by atoms with van der Waals surface area (Å²) in [5.74, 6) is 0. The summed E-state index contributed by atoms with van der Waals surface area (Å²) in [5.41, 5.74) is 11.5. The predicted molar refractivity (Wildman–Crippen MR) is 38.2 cm³/mol. The zero-order valence-electron chi connectivity index (χ0n) is 4.59. The van der Waals surface area contributed by atoms with Gasteiger partial charge in [0, 0.05) is 0 Å². The second kappa shape index (κ2) is 2.02. The molecule has 1 aromatic heterocycles. The fourth-order valence-corrected chi connectivity index (χ4v) is 0.592. The number of aromatic nitrogens is 2. The summed E-state index contributed by atoms with van der Waals surface area (Å²) in [6, 6.07) is 0. The molecule has 5 N–H and O–H groups in total. The number of aromatic amines is 1. The van der Waals surface area contributed by atoms with E-state index in [4.69, 9.17) is 23.7 Å². The third-order valence-electron chi connectivity index (χ3n) is 0.925. The number of nitrogens with zero attached hydrogens (tertiary/aromatic N) is 1. The lowest BCUT2D eigenvalue weighted by atomic mass is 10.4. The molecular formula is C4H6N4S. The minimum absolute atomic E-state index is 0.384. The molecule has 1 rings (SSSR count). The Morgan fingerprint density at radius 3 is 2.67 bits per heavy atom. The van der Waals surface area contributed by atoms with E-state index in [1.54, 1.807) is 0 Å². The Balaban J connectivity index is 3.43. The molecule has 4 nitrogen and oxygen atoms in total. The molecule has 0 saturated carbocycles. The Kier molecular flexibility index (Phi) is 1.35. The van der Waals surface area contributed by atoms with Gasteiger partial charge in [-0.1, -0.05) is 12.2 Å². The normalized spacial score (nSPS) is 9.33. The summed E-state index contributed by atoms with van der Waals surface area (Å²) in [7, 11) is 0. The van der Waals surface area contributed by atoms with Gasteiger partial charge in [-0.3, -0.25) is 5.10 Å². The Hall–Kier alpha value is -1.10. The molecule has 0 amide bonds. The second-order valence-electron chi connectivity index (χ2n) is 1.57. The van der Waals surface area contributed by atoms with Crippen LogP contribution in [-0.2, 0) is 0 Å². The molecule has 0 spiro atoms. The van der Waals surface area contributed by atoms with Crippen LogP contribution in [-0.4, -0.2) is 10.2 Å². The van der Waals surface area contributed by atoms with Crippen LogP contribution >= 0.6 is 12.2 Å². The standard InChI is InChI=1S/C4H6N4S/c5-2-1-7-8-4(9)3(2)6/h1H,(H2,6,7)(H3,5,8,9). The largest absolute Gasteiger partial charge is 0.396 e. The van der Waals surface area contributed by atoms with Crippen LogP contribution in [0.4, 0.5) is 11.4 Å². The number of nitrogens with two attached hydrogens (primary N) is 2. The number of rotatable bonds is 0.